The van der Waals surface area contributed by atoms with Crippen molar-refractivity contribution in [2.75, 3.05) is 16.5 Å². The Labute approximate surface area is 460 Å². The monoisotopic (exact) mass is 1020 g/mol. The summed E-state index contributed by atoms with van der Waals surface area (Å²) in [7, 11) is 0. The molecule has 6 aromatic carbocycles. The lowest BCUT2D eigenvalue weighted by molar-refractivity contribution is 0.483. The van der Waals surface area contributed by atoms with Crippen molar-refractivity contribution < 1.29 is 4.74 Å². The zero-order chi connectivity index (χ0) is 55.4. The first-order valence-corrected chi connectivity index (χ1v) is 27.7. The topological polar surface area (TPSA) is 46.4 Å². The summed E-state index contributed by atoms with van der Waals surface area (Å²) in [5, 5.41) is 2.33. The molecule has 9 aromatic rings. The summed E-state index contributed by atoms with van der Waals surface area (Å²) < 4.78 is 9.20. The van der Waals surface area contributed by atoms with Gasteiger partial charge in [0.2, 0.25) is 0 Å². The van der Waals surface area contributed by atoms with Crippen molar-refractivity contribution in [1.29, 1.82) is 0 Å². The average Bonchev–Trinajstić information content (AvgIpc) is 3.98. The maximum atomic E-state index is 6.92. The van der Waals surface area contributed by atoms with E-state index >= 15 is 0 Å². The van der Waals surface area contributed by atoms with E-state index in [1.54, 1.807) is 0 Å². The highest BCUT2D eigenvalue weighted by Gasteiger charge is 2.37. The zero-order valence-electron chi connectivity index (χ0n) is 49.3. The number of benzene rings is 6. The normalized spacial score (nSPS) is 13.7. The first-order chi connectivity index (χ1) is 36.0. The lowest BCUT2D eigenvalue weighted by Crippen LogP contribution is -2.26. The van der Waals surface area contributed by atoms with E-state index in [-0.39, 0.29) is 32.5 Å². The van der Waals surface area contributed by atoms with Crippen LogP contribution < -0.4 is 14.5 Å². The standard InChI is InChI=1S/C71H81N5O/c1-66(2,3)45-28-32-58(70(13,14)15)54(37-45)56-39-48(69(10,11)12)40-57(55-38-46(67(4,5)6)29-33-59(55)71(16,17)18)64(56)75-44-74(65-61(75)27-22-35-73-65)49-23-21-24-50(42-49)77-51-30-31-53-52-25-19-20-26-60(52)76(62(53)43-51)63-41-47(34-36-72-63)68(7,8)9/h19-43H,44H2,1-18H3. The van der Waals surface area contributed by atoms with Crippen LogP contribution in [0.15, 0.2) is 152 Å². The van der Waals surface area contributed by atoms with E-state index in [0.717, 1.165) is 50.9 Å². The van der Waals surface area contributed by atoms with Gasteiger partial charge in [-0.3, -0.25) is 4.57 Å². The second-order valence-corrected chi connectivity index (χ2v) is 27.8. The molecule has 4 heterocycles. The largest absolute Gasteiger partial charge is 0.457 e. The molecule has 0 bridgehead atoms. The molecule has 6 nitrogen and oxygen atoms in total. The number of para-hydroxylation sites is 1. The van der Waals surface area contributed by atoms with E-state index in [0.29, 0.717) is 6.67 Å². The van der Waals surface area contributed by atoms with Gasteiger partial charge in [0.25, 0.3) is 0 Å². The van der Waals surface area contributed by atoms with Gasteiger partial charge in [0.1, 0.15) is 24.0 Å². The van der Waals surface area contributed by atoms with E-state index in [4.69, 9.17) is 14.7 Å². The fraction of sp³-hybridized carbons (Fsp3) is 0.352. The van der Waals surface area contributed by atoms with E-state index < -0.39 is 0 Å². The third kappa shape index (κ3) is 10.2. The van der Waals surface area contributed by atoms with Gasteiger partial charge in [0.05, 0.1) is 22.4 Å². The first kappa shape index (κ1) is 53.2. The second kappa shape index (κ2) is 18.8. The molecular weight excluding hydrogens is 939 g/mol. The molecule has 0 atom stereocenters. The van der Waals surface area contributed by atoms with Gasteiger partial charge in [-0.15, -0.1) is 0 Å². The molecule has 0 radical (unpaired) electrons. The molecule has 396 valence electrons. The molecule has 77 heavy (non-hydrogen) atoms. The summed E-state index contributed by atoms with van der Waals surface area (Å²) in [4.78, 5) is 15.1. The minimum atomic E-state index is -0.151. The van der Waals surface area contributed by atoms with Crippen LogP contribution in [0.3, 0.4) is 0 Å². The molecule has 1 aliphatic heterocycles. The summed E-state index contributed by atoms with van der Waals surface area (Å²) in [6.45, 7) is 42.4. The molecule has 0 amide bonds. The summed E-state index contributed by atoms with van der Waals surface area (Å²) in [6.07, 6.45) is 3.86. The molecule has 0 fully saturated rings. The SMILES string of the molecule is CC(C)(C)c1ccnc(-n2c3ccccc3c3ccc(Oc4cccc(N5CN(c6c(-c7cc(C(C)(C)C)ccc7C(C)(C)C)cc(C(C)(C)C)cc6-c6cc(C(C)(C)C)ccc6C(C)(C)C)c6cccnc65)c4)cc32)c1. The van der Waals surface area contributed by atoms with Crippen molar-refractivity contribution in [3.63, 3.8) is 0 Å². The van der Waals surface area contributed by atoms with Gasteiger partial charge in [-0.1, -0.05) is 185 Å². The first-order valence-electron chi connectivity index (χ1n) is 27.7. The van der Waals surface area contributed by atoms with E-state index in [1.165, 1.54) is 66.7 Å². The summed E-state index contributed by atoms with van der Waals surface area (Å²) in [5.41, 5.74) is 17.6. The van der Waals surface area contributed by atoms with Crippen LogP contribution in [0.5, 0.6) is 11.5 Å². The maximum Gasteiger partial charge on any atom is 0.158 e. The Morgan fingerprint density at radius 2 is 0.935 bits per heavy atom. The zero-order valence-corrected chi connectivity index (χ0v) is 49.3. The van der Waals surface area contributed by atoms with Crippen LogP contribution in [-0.2, 0) is 32.5 Å². The van der Waals surface area contributed by atoms with E-state index in [1.807, 2.05) is 12.4 Å². The van der Waals surface area contributed by atoms with Crippen molar-refractivity contribution in [1.82, 2.24) is 14.5 Å². The number of aromatic nitrogens is 3. The Bertz CT molecular complexity index is 3620. The number of nitrogens with zero attached hydrogens (tertiary/aromatic N) is 5. The molecule has 1 aliphatic rings. The molecule has 0 saturated carbocycles. The van der Waals surface area contributed by atoms with Crippen molar-refractivity contribution in [3.05, 3.63) is 185 Å². The van der Waals surface area contributed by atoms with Crippen LogP contribution in [0.1, 0.15) is 158 Å². The molecule has 10 rings (SSSR count). The lowest BCUT2D eigenvalue weighted by Gasteiger charge is -2.34. The van der Waals surface area contributed by atoms with Crippen LogP contribution in [0.2, 0.25) is 0 Å². The number of pyridine rings is 2. The quantitative estimate of drug-likeness (QED) is 0.159. The highest BCUT2D eigenvalue weighted by molar-refractivity contribution is 6.09. The van der Waals surface area contributed by atoms with E-state index in [2.05, 4.69) is 279 Å². The minimum absolute atomic E-state index is 0.0265. The average molecular weight is 1020 g/mol. The summed E-state index contributed by atoms with van der Waals surface area (Å²) in [6, 6.07) is 51.7. The fourth-order valence-corrected chi connectivity index (χ4v) is 11.1. The van der Waals surface area contributed by atoms with E-state index in [9.17, 15) is 0 Å². The predicted molar refractivity (Wildman–Crippen MR) is 328 cm³/mol. The van der Waals surface area contributed by atoms with Gasteiger partial charge < -0.3 is 14.5 Å². The molecule has 3 aromatic heterocycles. The highest BCUT2D eigenvalue weighted by Crippen LogP contribution is 2.54. The van der Waals surface area contributed by atoms with Crippen LogP contribution in [-0.4, -0.2) is 21.2 Å². The highest BCUT2D eigenvalue weighted by atomic mass is 16.5. The second-order valence-electron chi connectivity index (χ2n) is 27.8. The summed E-state index contributed by atoms with van der Waals surface area (Å²) >= 11 is 0. The molecule has 0 aliphatic carbocycles. The number of hydrogen-bond donors (Lipinski definition) is 0. The van der Waals surface area contributed by atoms with Crippen molar-refractivity contribution in [2.24, 2.45) is 0 Å². The molecule has 0 spiro atoms. The van der Waals surface area contributed by atoms with Gasteiger partial charge in [-0.05, 0) is 144 Å². The molecule has 0 unspecified atom stereocenters. The predicted octanol–water partition coefficient (Wildman–Crippen LogP) is 19.7. The van der Waals surface area contributed by atoms with Gasteiger partial charge in [0, 0.05) is 52.1 Å². The van der Waals surface area contributed by atoms with Crippen LogP contribution in [0, 0.1) is 0 Å². The van der Waals surface area contributed by atoms with Gasteiger partial charge in [0.15, 0.2) is 5.82 Å². The van der Waals surface area contributed by atoms with Crippen molar-refractivity contribution in [3.8, 4) is 39.6 Å². The lowest BCUT2D eigenvalue weighted by atomic mass is 9.74. The Morgan fingerprint density at radius 1 is 0.390 bits per heavy atom. The number of hydrogen-bond acceptors (Lipinski definition) is 5. The van der Waals surface area contributed by atoms with Gasteiger partial charge >= 0.3 is 0 Å². The Kier molecular flexibility index (Phi) is 13.0. The number of rotatable bonds is 7. The number of ether oxygens (including phenoxy) is 1. The van der Waals surface area contributed by atoms with Crippen LogP contribution >= 0.6 is 0 Å². The smallest absolute Gasteiger partial charge is 0.158 e. The van der Waals surface area contributed by atoms with Crippen molar-refractivity contribution >= 4 is 44.7 Å². The summed E-state index contributed by atoms with van der Waals surface area (Å²) in [5.74, 6) is 3.28. The third-order valence-electron chi connectivity index (χ3n) is 15.7. The van der Waals surface area contributed by atoms with Gasteiger partial charge in [-0.25, -0.2) is 9.97 Å². The van der Waals surface area contributed by atoms with Gasteiger partial charge in [-0.2, -0.15) is 0 Å². The maximum absolute atomic E-state index is 6.92. The Morgan fingerprint density at radius 3 is 1.52 bits per heavy atom. The van der Waals surface area contributed by atoms with Crippen LogP contribution in [0.25, 0.3) is 49.9 Å². The molecule has 0 N–H and O–H groups in total. The number of anilines is 4. The van der Waals surface area contributed by atoms with Crippen LogP contribution in [0.4, 0.5) is 22.9 Å². The molecule has 0 saturated heterocycles. The Hall–Kier alpha value is -7.18. The number of fused-ring (bicyclic) bond motifs is 4. The molecular formula is C71H81N5O. The fourth-order valence-electron chi connectivity index (χ4n) is 11.1. The van der Waals surface area contributed by atoms with Crippen molar-refractivity contribution in [2.45, 2.75) is 157 Å². The Balaban J connectivity index is 1.16. The molecule has 6 heteroatoms. The third-order valence-corrected chi connectivity index (χ3v) is 15.7. The minimum Gasteiger partial charge on any atom is -0.457 e.